The van der Waals surface area contributed by atoms with Gasteiger partial charge in [0, 0.05) is 48.2 Å². The largest absolute Gasteiger partial charge is 0.449 e. The Hall–Kier alpha value is -5.85. The number of likely N-dealkylation sites (tertiary alicyclic amines) is 2. The first-order valence-electron chi connectivity index (χ1n) is 20.9. The van der Waals surface area contributed by atoms with Crippen LogP contribution < -0.4 is 0 Å². The lowest BCUT2D eigenvalue weighted by atomic mass is 9.91. The van der Waals surface area contributed by atoms with Crippen molar-refractivity contribution >= 4 is 57.1 Å². The molecule has 61 heavy (non-hydrogen) atoms. The molecule has 12 heteroatoms. The zero-order chi connectivity index (χ0) is 41.6. The minimum Gasteiger partial charge on any atom is -0.449 e. The van der Waals surface area contributed by atoms with Crippen LogP contribution in [0.3, 0.4) is 0 Å². The number of thiazole rings is 1. The summed E-state index contributed by atoms with van der Waals surface area (Å²) in [5.74, 6) is -0.395. The number of carbonyl (C=O) groups excluding carboxylic acids is 4. The number of fused-ring (bicyclic) bond motifs is 5. The standard InChI is InChI=1S/C28H25NO3S.C21H17N3O3S/c1-33-24-9-5-3-6-21(24)19-10-12-20(13-11-19)27(14-15-27)26(31)29-17-16-28(18-29)23-8-4-2-7-22(23)25(30)32-28;25-17-16-13(4-3-10-22-16)21(27-17)9-11-24(12-21)19(26)20(7-8-20)18-23-14-5-1-2-6-15(14)28-18/h2-13H,14-18H2,1H3;1-6,10H,7-9,11-12H2. The number of carbonyl (C=O) groups is 4. The van der Waals surface area contributed by atoms with Crippen LogP contribution in [0.15, 0.2) is 120 Å². The molecule has 4 aromatic carbocycles. The molecule has 12 rings (SSSR count). The topological polar surface area (TPSA) is 119 Å². The number of ether oxygens (including phenoxy) is 2. The number of benzene rings is 4. The number of aromatic nitrogens is 2. The number of thioether (sulfide) groups is 1. The molecule has 2 unspecified atom stereocenters. The summed E-state index contributed by atoms with van der Waals surface area (Å²) >= 11 is 3.35. The maximum Gasteiger partial charge on any atom is 0.358 e. The highest BCUT2D eigenvalue weighted by Crippen LogP contribution is 2.54. The van der Waals surface area contributed by atoms with E-state index in [4.69, 9.17) is 14.5 Å². The number of hydrogen-bond acceptors (Lipinski definition) is 10. The Kier molecular flexibility index (Phi) is 8.81. The number of rotatable bonds is 6. The van der Waals surface area contributed by atoms with E-state index in [1.54, 1.807) is 29.3 Å². The normalized spacial score (nSPS) is 23.4. The van der Waals surface area contributed by atoms with Gasteiger partial charge in [0.25, 0.3) is 0 Å². The van der Waals surface area contributed by atoms with Crippen molar-refractivity contribution in [1.29, 1.82) is 0 Å². The fraction of sp³-hybridized carbons (Fsp3) is 0.306. The molecule has 0 N–H and O–H groups in total. The zero-order valence-corrected chi connectivity index (χ0v) is 35.2. The fourth-order valence-electron chi connectivity index (χ4n) is 10.0. The number of nitrogens with zero attached hydrogens (tertiary/aromatic N) is 4. The summed E-state index contributed by atoms with van der Waals surface area (Å²) in [5, 5.41) is 0.908. The smallest absolute Gasteiger partial charge is 0.358 e. The van der Waals surface area contributed by atoms with Gasteiger partial charge < -0.3 is 19.3 Å². The van der Waals surface area contributed by atoms with Crippen molar-refractivity contribution in [3.05, 3.63) is 148 Å². The van der Waals surface area contributed by atoms with Gasteiger partial charge in [-0.05, 0) is 79.0 Å². The Balaban J connectivity index is 0.000000139. The average Bonchev–Trinajstić information content (AvgIpc) is 4.05. The van der Waals surface area contributed by atoms with Crippen LogP contribution in [0.4, 0.5) is 0 Å². The van der Waals surface area contributed by atoms with Gasteiger partial charge in [0.1, 0.15) is 10.4 Å². The van der Waals surface area contributed by atoms with Crippen molar-refractivity contribution in [2.75, 3.05) is 32.4 Å². The van der Waals surface area contributed by atoms with Crippen LogP contribution in [-0.4, -0.2) is 76.0 Å². The van der Waals surface area contributed by atoms with Gasteiger partial charge in [-0.3, -0.25) is 9.59 Å². The predicted octanol–water partition coefficient (Wildman–Crippen LogP) is 8.43. The predicted molar refractivity (Wildman–Crippen MR) is 232 cm³/mol. The Morgan fingerprint density at radius 2 is 1.26 bits per heavy atom. The molecule has 0 radical (unpaired) electrons. The Morgan fingerprint density at radius 3 is 1.97 bits per heavy atom. The van der Waals surface area contributed by atoms with Gasteiger partial charge >= 0.3 is 11.9 Å². The van der Waals surface area contributed by atoms with Crippen LogP contribution in [0.2, 0.25) is 0 Å². The van der Waals surface area contributed by atoms with Gasteiger partial charge in [0.15, 0.2) is 16.9 Å². The number of pyridine rings is 1. The maximum atomic E-state index is 13.7. The molecular formula is C49H42N4O6S2. The molecule has 2 spiro atoms. The molecule has 4 fully saturated rings. The van der Waals surface area contributed by atoms with E-state index in [2.05, 4.69) is 59.8 Å². The van der Waals surface area contributed by atoms with Crippen LogP contribution in [0.1, 0.15) is 81.1 Å². The van der Waals surface area contributed by atoms with Crippen LogP contribution in [-0.2, 0) is 41.1 Å². The van der Waals surface area contributed by atoms with Crippen LogP contribution in [0, 0.1) is 0 Å². The number of esters is 2. The maximum absolute atomic E-state index is 13.7. The van der Waals surface area contributed by atoms with Crippen molar-refractivity contribution in [3.8, 4) is 11.1 Å². The molecule has 2 saturated carbocycles. The second-order valence-corrected chi connectivity index (χ2v) is 19.0. The van der Waals surface area contributed by atoms with E-state index in [1.165, 1.54) is 16.0 Å². The number of amides is 2. The summed E-state index contributed by atoms with van der Waals surface area (Å²) in [5.41, 5.74) is 4.78. The molecule has 6 heterocycles. The van der Waals surface area contributed by atoms with Gasteiger partial charge in [-0.1, -0.05) is 78.9 Å². The van der Waals surface area contributed by atoms with Crippen molar-refractivity contribution in [3.63, 3.8) is 0 Å². The van der Waals surface area contributed by atoms with Crippen LogP contribution in [0.5, 0.6) is 0 Å². The molecule has 6 aromatic rings. The summed E-state index contributed by atoms with van der Waals surface area (Å²) in [6.07, 6.45) is 8.34. The summed E-state index contributed by atoms with van der Waals surface area (Å²) < 4.78 is 12.7. The second-order valence-electron chi connectivity index (χ2n) is 17.1. The summed E-state index contributed by atoms with van der Waals surface area (Å²) in [6, 6.07) is 36.2. The first-order chi connectivity index (χ1) is 29.7. The molecule has 2 saturated heterocycles. The highest BCUT2D eigenvalue weighted by atomic mass is 32.2. The highest BCUT2D eigenvalue weighted by Gasteiger charge is 2.60. The summed E-state index contributed by atoms with van der Waals surface area (Å²) in [6.45, 7) is 2.02. The minimum absolute atomic E-state index is 0.108. The van der Waals surface area contributed by atoms with E-state index in [-0.39, 0.29) is 17.8 Å². The van der Waals surface area contributed by atoms with Crippen molar-refractivity contribution in [2.45, 2.75) is 65.5 Å². The first-order valence-corrected chi connectivity index (χ1v) is 22.9. The van der Waals surface area contributed by atoms with Crippen LogP contribution in [0.25, 0.3) is 21.3 Å². The molecule has 2 atom stereocenters. The van der Waals surface area contributed by atoms with E-state index < -0.39 is 28.0 Å². The second kappa shape index (κ2) is 14.1. The van der Waals surface area contributed by atoms with Crippen molar-refractivity contribution in [1.82, 2.24) is 19.8 Å². The lowest BCUT2D eigenvalue weighted by molar-refractivity contribution is -0.134. The minimum atomic E-state index is -0.750. The molecule has 6 aliphatic rings. The van der Waals surface area contributed by atoms with E-state index in [0.29, 0.717) is 50.3 Å². The Morgan fingerprint density at radius 1 is 0.656 bits per heavy atom. The van der Waals surface area contributed by atoms with Crippen LogP contribution >= 0.6 is 23.1 Å². The highest BCUT2D eigenvalue weighted by molar-refractivity contribution is 7.98. The average molecular weight is 847 g/mol. The van der Waals surface area contributed by atoms with E-state index >= 15 is 0 Å². The monoisotopic (exact) mass is 846 g/mol. The molecule has 2 amide bonds. The third-order valence-corrected chi connectivity index (χ3v) is 15.7. The quantitative estimate of drug-likeness (QED) is 0.120. The lowest BCUT2D eigenvalue weighted by Gasteiger charge is -2.27. The van der Waals surface area contributed by atoms with Gasteiger partial charge in [-0.2, -0.15) is 0 Å². The Labute approximate surface area is 361 Å². The Bertz CT molecular complexity index is 2760. The molecule has 2 aliphatic carbocycles. The fourth-order valence-corrected chi connectivity index (χ4v) is 11.8. The third-order valence-electron chi connectivity index (χ3n) is 13.6. The van der Waals surface area contributed by atoms with Gasteiger partial charge in [0.05, 0.1) is 34.3 Å². The van der Waals surface area contributed by atoms with Crippen molar-refractivity contribution in [2.24, 2.45) is 0 Å². The van der Waals surface area contributed by atoms with Crippen molar-refractivity contribution < 1.29 is 28.7 Å². The summed E-state index contributed by atoms with van der Waals surface area (Å²) in [4.78, 5) is 65.8. The SMILES string of the molecule is CSc1ccccc1-c1ccc(C2(C(=O)N3CCC4(C3)OC(=O)c3ccccc34)CC2)cc1.O=C1OC2(CCN(C(=O)C3(c4nc5ccccc5s4)CC3)C2)c2cccnc21. The molecule has 10 nitrogen and oxygen atoms in total. The molecule has 306 valence electrons. The first kappa shape index (κ1) is 38.1. The van der Waals surface area contributed by atoms with E-state index in [0.717, 1.165) is 57.6 Å². The van der Waals surface area contributed by atoms with Gasteiger partial charge in [0.2, 0.25) is 11.8 Å². The van der Waals surface area contributed by atoms with Gasteiger partial charge in [-0.15, -0.1) is 23.1 Å². The van der Waals surface area contributed by atoms with E-state index in [1.807, 2.05) is 70.5 Å². The third kappa shape index (κ3) is 6.04. The number of para-hydroxylation sites is 1. The summed E-state index contributed by atoms with van der Waals surface area (Å²) in [7, 11) is 0. The number of hydrogen-bond donors (Lipinski definition) is 0. The van der Waals surface area contributed by atoms with Gasteiger partial charge in [-0.25, -0.2) is 19.6 Å². The molecule has 0 bridgehead atoms. The molecule has 2 aromatic heterocycles. The lowest BCUT2D eigenvalue weighted by Crippen LogP contribution is -2.40. The molecule has 4 aliphatic heterocycles. The van der Waals surface area contributed by atoms with E-state index in [9.17, 15) is 19.2 Å². The molecular weight excluding hydrogens is 805 g/mol. The zero-order valence-electron chi connectivity index (χ0n) is 33.6.